The van der Waals surface area contributed by atoms with Gasteiger partial charge < -0.3 is 10.2 Å². The third kappa shape index (κ3) is 3.85. The molecule has 0 radical (unpaired) electrons. The number of aromatic carboxylic acids is 1. The molecule has 0 atom stereocenters. The Morgan fingerprint density at radius 2 is 1.63 bits per heavy atom. The van der Waals surface area contributed by atoms with Gasteiger partial charge in [0.05, 0.1) is 5.56 Å². The molecule has 19 heavy (non-hydrogen) atoms. The van der Waals surface area contributed by atoms with Crippen molar-refractivity contribution in [3.8, 4) is 5.75 Å². The number of hydrogen-bond donors (Lipinski definition) is 2. The summed E-state index contributed by atoms with van der Waals surface area (Å²) in [6, 6.07) is 14.2. The second kappa shape index (κ2) is 6.05. The van der Waals surface area contributed by atoms with Crippen LogP contribution in [0.15, 0.2) is 48.5 Å². The number of carboxylic acids is 1. The molecule has 0 fully saturated rings. The van der Waals surface area contributed by atoms with Gasteiger partial charge in [-0.2, -0.15) is 0 Å². The largest absolute Gasteiger partial charge is 0.508 e. The number of carboxylic acid groups (broad SMARTS) is 1. The van der Waals surface area contributed by atoms with Gasteiger partial charge in [0, 0.05) is 0 Å². The van der Waals surface area contributed by atoms with Gasteiger partial charge >= 0.3 is 5.97 Å². The molecule has 2 aromatic carbocycles. The van der Waals surface area contributed by atoms with Crippen molar-refractivity contribution in [3.63, 3.8) is 0 Å². The molecule has 0 spiro atoms. The van der Waals surface area contributed by atoms with Crippen LogP contribution in [0, 0.1) is 0 Å². The molecule has 0 bridgehead atoms. The van der Waals surface area contributed by atoms with Crippen LogP contribution in [0.5, 0.6) is 5.75 Å². The summed E-state index contributed by atoms with van der Waals surface area (Å²) in [5.41, 5.74) is 2.56. The molecule has 0 aliphatic rings. The number of aryl methyl sites for hydroxylation is 2. The maximum Gasteiger partial charge on any atom is 0.335 e. The van der Waals surface area contributed by atoms with Crippen LogP contribution in [0.2, 0.25) is 0 Å². The topological polar surface area (TPSA) is 57.5 Å². The predicted molar refractivity (Wildman–Crippen MR) is 73.5 cm³/mol. The maximum atomic E-state index is 10.7. The highest BCUT2D eigenvalue weighted by Crippen LogP contribution is 2.14. The molecule has 3 nitrogen and oxygen atoms in total. The molecule has 2 N–H and O–H groups in total. The van der Waals surface area contributed by atoms with Gasteiger partial charge in [-0.1, -0.05) is 24.3 Å². The molecule has 0 aromatic heterocycles. The van der Waals surface area contributed by atoms with Crippen LogP contribution in [0.1, 0.15) is 27.9 Å². The van der Waals surface area contributed by atoms with Crippen molar-refractivity contribution in [2.24, 2.45) is 0 Å². The number of rotatable bonds is 5. The van der Waals surface area contributed by atoms with E-state index in [-0.39, 0.29) is 0 Å². The van der Waals surface area contributed by atoms with E-state index in [4.69, 9.17) is 5.11 Å². The Labute approximate surface area is 112 Å². The molecule has 0 amide bonds. The second-order valence-corrected chi connectivity index (χ2v) is 4.53. The third-order valence-electron chi connectivity index (χ3n) is 3.04. The van der Waals surface area contributed by atoms with E-state index in [1.165, 1.54) is 0 Å². The fraction of sp³-hybridized carbons (Fsp3) is 0.188. The van der Waals surface area contributed by atoms with Gasteiger partial charge in [-0.05, 0) is 54.7 Å². The smallest absolute Gasteiger partial charge is 0.335 e. The molecule has 0 saturated heterocycles. The van der Waals surface area contributed by atoms with Crippen LogP contribution >= 0.6 is 0 Å². The van der Waals surface area contributed by atoms with Crippen LogP contribution in [0.25, 0.3) is 0 Å². The van der Waals surface area contributed by atoms with E-state index in [1.54, 1.807) is 24.3 Å². The Bertz CT molecular complexity index is 558. The Kier molecular flexibility index (Phi) is 4.18. The van der Waals surface area contributed by atoms with Gasteiger partial charge in [0.15, 0.2) is 0 Å². The van der Waals surface area contributed by atoms with Gasteiger partial charge in [-0.25, -0.2) is 4.79 Å². The van der Waals surface area contributed by atoms with Crippen LogP contribution in [0.4, 0.5) is 0 Å². The minimum atomic E-state index is -0.897. The molecule has 0 unspecified atom stereocenters. The molecule has 0 heterocycles. The fourth-order valence-electron chi connectivity index (χ4n) is 2.02. The summed E-state index contributed by atoms with van der Waals surface area (Å²) in [5, 5.41) is 18.2. The van der Waals surface area contributed by atoms with Gasteiger partial charge in [-0.3, -0.25) is 0 Å². The first kappa shape index (κ1) is 13.1. The van der Waals surface area contributed by atoms with Crippen LogP contribution in [-0.4, -0.2) is 16.2 Å². The van der Waals surface area contributed by atoms with Crippen LogP contribution in [0.3, 0.4) is 0 Å². The Balaban J connectivity index is 1.87. The molecular formula is C16H16O3. The SMILES string of the molecule is O=C(O)c1ccc(CCCc2cccc(O)c2)cc1. The monoisotopic (exact) mass is 256 g/mol. The quantitative estimate of drug-likeness (QED) is 0.863. The first-order valence-electron chi connectivity index (χ1n) is 6.25. The minimum absolute atomic E-state index is 0.295. The zero-order valence-electron chi connectivity index (χ0n) is 10.5. The molecule has 2 rings (SSSR count). The maximum absolute atomic E-state index is 10.7. The molecule has 0 saturated carbocycles. The molecule has 2 aromatic rings. The lowest BCUT2D eigenvalue weighted by Gasteiger charge is -2.03. The van der Waals surface area contributed by atoms with Crippen molar-refractivity contribution >= 4 is 5.97 Å². The molecule has 0 aliphatic heterocycles. The van der Waals surface area contributed by atoms with E-state index < -0.39 is 5.97 Å². The molecule has 0 aliphatic carbocycles. The zero-order chi connectivity index (χ0) is 13.7. The summed E-state index contributed by atoms with van der Waals surface area (Å²) in [4.78, 5) is 10.7. The Morgan fingerprint density at radius 3 is 2.26 bits per heavy atom. The number of aromatic hydroxyl groups is 1. The standard InChI is InChI=1S/C16H16O3/c17-15-6-2-5-13(11-15)4-1-3-12-7-9-14(10-8-12)16(18)19/h2,5-11,17H,1,3-4H2,(H,18,19). The van der Waals surface area contributed by atoms with Crippen molar-refractivity contribution in [1.29, 1.82) is 0 Å². The molecule has 3 heteroatoms. The summed E-state index contributed by atoms with van der Waals surface area (Å²) in [6.45, 7) is 0. The minimum Gasteiger partial charge on any atom is -0.508 e. The van der Waals surface area contributed by atoms with Gasteiger partial charge in [-0.15, -0.1) is 0 Å². The number of phenolic OH excluding ortho intramolecular Hbond substituents is 1. The highest BCUT2D eigenvalue weighted by molar-refractivity contribution is 5.87. The lowest BCUT2D eigenvalue weighted by Crippen LogP contribution is -1.96. The van der Waals surface area contributed by atoms with Crippen molar-refractivity contribution in [2.45, 2.75) is 19.3 Å². The first-order valence-corrected chi connectivity index (χ1v) is 6.25. The summed E-state index contributed by atoms with van der Waals surface area (Å²) in [5.74, 6) is -0.602. The molecule has 98 valence electrons. The Morgan fingerprint density at radius 1 is 0.947 bits per heavy atom. The summed E-state index contributed by atoms with van der Waals surface area (Å²) < 4.78 is 0. The van der Waals surface area contributed by atoms with Crippen molar-refractivity contribution < 1.29 is 15.0 Å². The summed E-state index contributed by atoms with van der Waals surface area (Å²) >= 11 is 0. The van der Waals surface area contributed by atoms with E-state index in [1.807, 2.05) is 24.3 Å². The third-order valence-corrected chi connectivity index (χ3v) is 3.04. The van der Waals surface area contributed by atoms with E-state index >= 15 is 0 Å². The van der Waals surface area contributed by atoms with Gasteiger partial charge in [0.1, 0.15) is 5.75 Å². The fourth-order valence-corrected chi connectivity index (χ4v) is 2.02. The van der Waals surface area contributed by atoms with E-state index in [2.05, 4.69) is 0 Å². The average molecular weight is 256 g/mol. The lowest BCUT2D eigenvalue weighted by molar-refractivity contribution is 0.0697. The number of phenols is 1. The predicted octanol–water partition coefficient (Wildman–Crippen LogP) is 3.27. The van der Waals surface area contributed by atoms with Crippen molar-refractivity contribution in [2.75, 3.05) is 0 Å². The van der Waals surface area contributed by atoms with Gasteiger partial charge in [0.25, 0.3) is 0 Å². The van der Waals surface area contributed by atoms with E-state index in [9.17, 15) is 9.90 Å². The van der Waals surface area contributed by atoms with E-state index in [0.29, 0.717) is 11.3 Å². The van der Waals surface area contributed by atoms with Crippen molar-refractivity contribution in [1.82, 2.24) is 0 Å². The number of carbonyl (C=O) groups is 1. The highest BCUT2D eigenvalue weighted by Gasteiger charge is 2.02. The van der Waals surface area contributed by atoms with Crippen LogP contribution < -0.4 is 0 Å². The normalized spacial score (nSPS) is 10.3. The number of benzene rings is 2. The summed E-state index contributed by atoms with van der Waals surface area (Å²) in [7, 11) is 0. The average Bonchev–Trinajstić information content (AvgIpc) is 2.39. The lowest BCUT2D eigenvalue weighted by atomic mass is 10.0. The second-order valence-electron chi connectivity index (χ2n) is 4.53. The van der Waals surface area contributed by atoms with Crippen LogP contribution in [-0.2, 0) is 12.8 Å². The molecular weight excluding hydrogens is 240 g/mol. The number of hydrogen-bond acceptors (Lipinski definition) is 2. The van der Waals surface area contributed by atoms with Gasteiger partial charge in [0.2, 0.25) is 0 Å². The zero-order valence-corrected chi connectivity index (χ0v) is 10.5. The Hall–Kier alpha value is -2.29. The first-order chi connectivity index (χ1) is 9.15. The van der Waals surface area contributed by atoms with E-state index in [0.717, 1.165) is 30.4 Å². The van der Waals surface area contributed by atoms with Crippen molar-refractivity contribution in [3.05, 3.63) is 65.2 Å². The summed E-state index contributed by atoms with van der Waals surface area (Å²) in [6.07, 6.45) is 2.76. The highest BCUT2D eigenvalue weighted by atomic mass is 16.4.